The SMILES string of the molecule is CC(=O)N(C)C(CO)c1ccc2c(c1)CCC(=O)N2. The molecule has 5 heteroatoms. The molecule has 0 bridgehead atoms. The quantitative estimate of drug-likeness (QED) is 0.856. The number of nitrogens with zero attached hydrogens (tertiary/aromatic N) is 1. The van der Waals surface area contributed by atoms with E-state index in [1.807, 2.05) is 18.2 Å². The summed E-state index contributed by atoms with van der Waals surface area (Å²) in [5.74, 6) is -0.0649. The van der Waals surface area contributed by atoms with Gasteiger partial charge in [0.25, 0.3) is 0 Å². The second-order valence-electron chi connectivity index (χ2n) is 4.79. The molecule has 0 fully saturated rings. The number of aryl methyl sites for hydroxylation is 1. The number of nitrogens with one attached hydrogen (secondary N) is 1. The Hall–Kier alpha value is -1.88. The number of aliphatic hydroxyl groups is 1. The molecule has 2 amide bonds. The minimum atomic E-state index is -0.347. The van der Waals surface area contributed by atoms with Gasteiger partial charge in [-0.1, -0.05) is 12.1 Å². The number of fused-ring (bicyclic) bond motifs is 1. The van der Waals surface area contributed by atoms with E-state index in [1.165, 1.54) is 11.8 Å². The molecule has 1 unspecified atom stereocenters. The monoisotopic (exact) mass is 262 g/mol. The lowest BCUT2D eigenvalue weighted by Crippen LogP contribution is -2.31. The van der Waals surface area contributed by atoms with Crippen molar-refractivity contribution in [3.63, 3.8) is 0 Å². The van der Waals surface area contributed by atoms with E-state index < -0.39 is 0 Å². The van der Waals surface area contributed by atoms with Gasteiger partial charge in [0.2, 0.25) is 11.8 Å². The average molecular weight is 262 g/mol. The molecule has 2 rings (SSSR count). The molecule has 0 radical (unpaired) electrons. The van der Waals surface area contributed by atoms with Gasteiger partial charge < -0.3 is 15.3 Å². The molecule has 102 valence electrons. The fourth-order valence-electron chi connectivity index (χ4n) is 2.28. The Balaban J connectivity index is 2.30. The van der Waals surface area contributed by atoms with Crippen LogP contribution in [0.15, 0.2) is 18.2 Å². The van der Waals surface area contributed by atoms with Crippen LogP contribution in [0.5, 0.6) is 0 Å². The number of hydrogen-bond acceptors (Lipinski definition) is 3. The zero-order valence-corrected chi connectivity index (χ0v) is 11.1. The van der Waals surface area contributed by atoms with Crippen LogP contribution in [0.1, 0.15) is 30.5 Å². The van der Waals surface area contributed by atoms with Gasteiger partial charge in [0, 0.05) is 26.1 Å². The van der Waals surface area contributed by atoms with E-state index in [-0.39, 0.29) is 24.5 Å². The molecule has 0 aliphatic carbocycles. The first-order valence-corrected chi connectivity index (χ1v) is 6.30. The lowest BCUT2D eigenvalue weighted by Gasteiger charge is -2.27. The molecular formula is C14H18N2O3. The molecule has 1 aliphatic rings. The number of hydrogen-bond donors (Lipinski definition) is 2. The van der Waals surface area contributed by atoms with Crippen molar-refractivity contribution < 1.29 is 14.7 Å². The van der Waals surface area contributed by atoms with Crippen LogP contribution in [0.25, 0.3) is 0 Å². The summed E-state index contributed by atoms with van der Waals surface area (Å²) in [6.45, 7) is 1.35. The minimum Gasteiger partial charge on any atom is -0.394 e. The summed E-state index contributed by atoms with van der Waals surface area (Å²) in [4.78, 5) is 24.2. The van der Waals surface area contributed by atoms with Gasteiger partial charge in [-0.3, -0.25) is 9.59 Å². The Bertz CT molecular complexity index is 513. The van der Waals surface area contributed by atoms with Crippen LogP contribution < -0.4 is 5.32 Å². The third kappa shape index (κ3) is 2.76. The first-order valence-electron chi connectivity index (χ1n) is 6.30. The highest BCUT2D eigenvalue weighted by Crippen LogP contribution is 2.28. The van der Waals surface area contributed by atoms with E-state index in [0.29, 0.717) is 12.8 Å². The summed E-state index contributed by atoms with van der Waals surface area (Å²) in [6, 6.07) is 5.28. The molecule has 0 saturated carbocycles. The molecule has 19 heavy (non-hydrogen) atoms. The number of rotatable bonds is 3. The first-order chi connectivity index (χ1) is 9.02. The van der Waals surface area contributed by atoms with Gasteiger partial charge in [-0.2, -0.15) is 0 Å². The molecule has 1 atom stereocenters. The number of aliphatic hydroxyl groups excluding tert-OH is 1. The Morgan fingerprint density at radius 1 is 1.47 bits per heavy atom. The number of carbonyl (C=O) groups is 2. The molecule has 0 spiro atoms. The van der Waals surface area contributed by atoms with Crippen molar-refractivity contribution in [2.45, 2.75) is 25.8 Å². The van der Waals surface area contributed by atoms with Crippen LogP contribution in [-0.4, -0.2) is 35.5 Å². The lowest BCUT2D eigenvalue weighted by molar-refractivity contribution is -0.130. The molecule has 0 aromatic heterocycles. The van der Waals surface area contributed by atoms with Gasteiger partial charge in [-0.25, -0.2) is 0 Å². The van der Waals surface area contributed by atoms with E-state index in [1.54, 1.807) is 7.05 Å². The van der Waals surface area contributed by atoms with Crippen LogP contribution in [0.4, 0.5) is 5.69 Å². The molecule has 2 N–H and O–H groups in total. The van der Waals surface area contributed by atoms with Gasteiger partial charge in [-0.05, 0) is 23.6 Å². The normalized spacial score (nSPS) is 15.4. The fraction of sp³-hybridized carbons (Fsp3) is 0.429. The van der Waals surface area contributed by atoms with E-state index in [2.05, 4.69) is 5.32 Å². The topological polar surface area (TPSA) is 69.6 Å². The Morgan fingerprint density at radius 2 is 2.21 bits per heavy atom. The third-order valence-electron chi connectivity index (χ3n) is 3.55. The molecular weight excluding hydrogens is 244 g/mol. The van der Waals surface area contributed by atoms with Crippen LogP contribution in [-0.2, 0) is 16.0 Å². The summed E-state index contributed by atoms with van der Waals surface area (Å²) in [5.41, 5.74) is 2.75. The minimum absolute atomic E-state index is 0.0276. The van der Waals surface area contributed by atoms with Crippen molar-refractivity contribution in [3.05, 3.63) is 29.3 Å². The summed E-state index contributed by atoms with van der Waals surface area (Å²) < 4.78 is 0. The zero-order chi connectivity index (χ0) is 14.0. The Labute approximate surface area is 112 Å². The van der Waals surface area contributed by atoms with Crippen LogP contribution >= 0.6 is 0 Å². The maximum Gasteiger partial charge on any atom is 0.224 e. The van der Waals surface area contributed by atoms with Crippen molar-refractivity contribution >= 4 is 17.5 Å². The predicted octanol–water partition coefficient (Wildman–Crippen LogP) is 1.08. The number of carbonyl (C=O) groups excluding carboxylic acids is 2. The maximum atomic E-state index is 11.4. The molecule has 1 aliphatic heterocycles. The lowest BCUT2D eigenvalue weighted by atomic mass is 9.97. The van der Waals surface area contributed by atoms with Crippen LogP contribution in [0.2, 0.25) is 0 Å². The average Bonchev–Trinajstić information content (AvgIpc) is 2.39. The molecule has 1 heterocycles. The maximum absolute atomic E-state index is 11.4. The second-order valence-corrected chi connectivity index (χ2v) is 4.79. The van der Waals surface area contributed by atoms with E-state index in [0.717, 1.165) is 16.8 Å². The van der Waals surface area contributed by atoms with Crippen molar-refractivity contribution in [3.8, 4) is 0 Å². The Morgan fingerprint density at radius 3 is 2.84 bits per heavy atom. The van der Waals surface area contributed by atoms with Crippen molar-refractivity contribution in [1.29, 1.82) is 0 Å². The largest absolute Gasteiger partial charge is 0.394 e. The molecule has 0 saturated heterocycles. The fourth-order valence-corrected chi connectivity index (χ4v) is 2.28. The second kappa shape index (κ2) is 5.40. The van der Waals surface area contributed by atoms with Gasteiger partial charge in [0.15, 0.2) is 0 Å². The van der Waals surface area contributed by atoms with Crippen molar-refractivity contribution in [2.24, 2.45) is 0 Å². The predicted molar refractivity (Wildman–Crippen MR) is 71.7 cm³/mol. The van der Waals surface area contributed by atoms with E-state index in [9.17, 15) is 14.7 Å². The smallest absolute Gasteiger partial charge is 0.224 e. The van der Waals surface area contributed by atoms with Crippen LogP contribution in [0, 0.1) is 0 Å². The zero-order valence-electron chi connectivity index (χ0n) is 11.1. The molecule has 5 nitrogen and oxygen atoms in total. The summed E-state index contributed by atoms with van der Waals surface area (Å²) in [6.07, 6.45) is 1.17. The highest BCUT2D eigenvalue weighted by Gasteiger charge is 2.21. The summed E-state index contributed by atoms with van der Waals surface area (Å²) in [5, 5.41) is 12.3. The van der Waals surface area contributed by atoms with Crippen molar-refractivity contribution in [1.82, 2.24) is 4.90 Å². The highest BCUT2D eigenvalue weighted by atomic mass is 16.3. The van der Waals surface area contributed by atoms with E-state index >= 15 is 0 Å². The standard InChI is InChI=1S/C14H18N2O3/c1-9(18)16(2)13(8-17)11-3-5-12-10(7-11)4-6-14(19)15-12/h3,5,7,13,17H,4,6,8H2,1-2H3,(H,15,19). The number of amides is 2. The third-order valence-corrected chi connectivity index (χ3v) is 3.55. The summed E-state index contributed by atoms with van der Waals surface area (Å²) >= 11 is 0. The molecule has 1 aromatic rings. The highest BCUT2D eigenvalue weighted by molar-refractivity contribution is 5.93. The van der Waals surface area contributed by atoms with Gasteiger partial charge in [-0.15, -0.1) is 0 Å². The number of anilines is 1. The van der Waals surface area contributed by atoms with Crippen molar-refractivity contribution in [2.75, 3.05) is 19.0 Å². The molecule has 1 aromatic carbocycles. The van der Waals surface area contributed by atoms with Gasteiger partial charge in [0.1, 0.15) is 0 Å². The van der Waals surface area contributed by atoms with Crippen LogP contribution in [0.3, 0.4) is 0 Å². The summed E-state index contributed by atoms with van der Waals surface area (Å²) in [7, 11) is 1.67. The number of benzene rings is 1. The Kier molecular flexibility index (Phi) is 3.85. The first kappa shape index (κ1) is 13.5. The van der Waals surface area contributed by atoms with E-state index in [4.69, 9.17) is 0 Å². The number of likely N-dealkylation sites (N-methyl/N-ethyl adjacent to an activating group) is 1. The van der Waals surface area contributed by atoms with Gasteiger partial charge in [0.05, 0.1) is 12.6 Å². The van der Waals surface area contributed by atoms with Gasteiger partial charge >= 0.3 is 0 Å².